The number of carboxylic acid groups (broad SMARTS) is 1. The molecular formula is C18H12FNO3. The predicted molar refractivity (Wildman–Crippen MR) is 83.1 cm³/mol. The molecule has 0 atom stereocenters. The summed E-state index contributed by atoms with van der Waals surface area (Å²) < 4.78 is 18.5. The van der Waals surface area contributed by atoms with Gasteiger partial charge < -0.3 is 9.84 Å². The van der Waals surface area contributed by atoms with Gasteiger partial charge in [-0.25, -0.2) is 9.18 Å². The molecule has 3 rings (SSSR count). The molecule has 1 aromatic heterocycles. The highest BCUT2D eigenvalue weighted by atomic mass is 19.1. The first-order chi connectivity index (χ1) is 11.1. The Kier molecular flexibility index (Phi) is 4.01. The lowest BCUT2D eigenvalue weighted by atomic mass is 10.1. The number of nitrogens with zero attached hydrogens (tertiary/aromatic N) is 1. The summed E-state index contributed by atoms with van der Waals surface area (Å²) in [4.78, 5) is 14.9. The number of hydrogen-bond acceptors (Lipinski definition) is 3. The zero-order valence-electron chi connectivity index (χ0n) is 11.9. The second-order valence-corrected chi connectivity index (χ2v) is 4.85. The summed E-state index contributed by atoms with van der Waals surface area (Å²) in [5, 5.41) is 9.00. The van der Waals surface area contributed by atoms with Crippen LogP contribution in [0, 0.1) is 5.82 Å². The molecule has 0 aliphatic carbocycles. The van der Waals surface area contributed by atoms with Gasteiger partial charge in [0.05, 0.1) is 5.56 Å². The maximum atomic E-state index is 12.9. The zero-order chi connectivity index (χ0) is 16.2. The minimum Gasteiger partial charge on any atom is -0.478 e. The van der Waals surface area contributed by atoms with Crippen molar-refractivity contribution in [1.29, 1.82) is 0 Å². The van der Waals surface area contributed by atoms with Gasteiger partial charge in [0.25, 0.3) is 0 Å². The van der Waals surface area contributed by atoms with Gasteiger partial charge in [0, 0.05) is 18.0 Å². The number of aromatic carboxylic acids is 1. The largest absolute Gasteiger partial charge is 0.478 e. The summed E-state index contributed by atoms with van der Waals surface area (Å²) in [6.45, 7) is 0. The number of aromatic nitrogens is 1. The number of halogens is 1. The molecule has 0 aliphatic rings. The van der Waals surface area contributed by atoms with E-state index in [9.17, 15) is 9.18 Å². The number of carbonyl (C=O) groups is 1. The highest BCUT2D eigenvalue weighted by Gasteiger charge is 2.06. The Morgan fingerprint density at radius 2 is 1.52 bits per heavy atom. The number of benzene rings is 2. The van der Waals surface area contributed by atoms with Crippen molar-refractivity contribution in [3.63, 3.8) is 0 Å². The van der Waals surface area contributed by atoms with E-state index in [0.29, 0.717) is 17.1 Å². The molecule has 0 amide bonds. The molecule has 0 spiro atoms. The summed E-state index contributed by atoms with van der Waals surface area (Å²) in [5.41, 5.74) is 1.67. The van der Waals surface area contributed by atoms with Crippen molar-refractivity contribution in [3.05, 3.63) is 78.4 Å². The zero-order valence-corrected chi connectivity index (χ0v) is 11.9. The Bertz CT molecular complexity index is 830. The molecular weight excluding hydrogens is 297 g/mol. The molecule has 0 aliphatic heterocycles. The van der Waals surface area contributed by atoms with E-state index in [0.717, 1.165) is 5.56 Å². The summed E-state index contributed by atoms with van der Waals surface area (Å²) in [7, 11) is 0. The average molecular weight is 309 g/mol. The van der Waals surface area contributed by atoms with Crippen LogP contribution in [0.4, 0.5) is 4.39 Å². The fourth-order valence-corrected chi connectivity index (χ4v) is 2.07. The second kappa shape index (κ2) is 6.27. The Morgan fingerprint density at radius 1 is 0.913 bits per heavy atom. The lowest BCUT2D eigenvalue weighted by Gasteiger charge is -2.07. The number of ether oxygens (including phenoxy) is 1. The van der Waals surface area contributed by atoms with Gasteiger partial charge in [-0.3, -0.25) is 4.98 Å². The van der Waals surface area contributed by atoms with Crippen molar-refractivity contribution in [2.75, 3.05) is 0 Å². The van der Waals surface area contributed by atoms with Gasteiger partial charge in [-0.05, 0) is 48.0 Å². The molecule has 0 saturated heterocycles. The van der Waals surface area contributed by atoms with Crippen LogP contribution >= 0.6 is 0 Å². The highest BCUT2D eigenvalue weighted by Crippen LogP contribution is 2.26. The predicted octanol–water partition coefficient (Wildman–Crippen LogP) is 4.38. The molecule has 2 aromatic carbocycles. The van der Waals surface area contributed by atoms with Crippen molar-refractivity contribution < 1.29 is 19.0 Å². The van der Waals surface area contributed by atoms with Gasteiger partial charge in [-0.1, -0.05) is 12.1 Å². The molecule has 0 bridgehead atoms. The van der Waals surface area contributed by atoms with Gasteiger partial charge in [0.1, 0.15) is 17.3 Å². The second-order valence-electron chi connectivity index (χ2n) is 4.85. The standard InChI is InChI=1S/C18H12FNO3/c19-15-3-7-17(8-4-15)23-16-5-1-12(2-6-16)13-9-14(18(21)22)11-20-10-13/h1-11H,(H,21,22). The van der Waals surface area contributed by atoms with Crippen LogP contribution in [0.25, 0.3) is 11.1 Å². The SMILES string of the molecule is O=C(O)c1cncc(-c2ccc(Oc3ccc(F)cc3)cc2)c1. The maximum Gasteiger partial charge on any atom is 0.337 e. The molecule has 3 aromatic rings. The van der Waals surface area contributed by atoms with Crippen LogP contribution < -0.4 is 4.74 Å². The first-order valence-electron chi connectivity index (χ1n) is 6.84. The van der Waals surface area contributed by atoms with E-state index < -0.39 is 5.97 Å². The molecule has 0 unspecified atom stereocenters. The fraction of sp³-hybridized carbons (Fsp3) is 0. The van der Waals surface area contributed by atoms with Gasteiger partial charge in [-0.2, -0.15) is 0 Å². The van der Waals surface area contributed by atoms with E-state index in [4.69, 9.17) is 9.84 Å². The van der Waals surface area contributed by atoms with Crippen molar-refractivity contribution >= 4 is 5.97 Å². The molecule has 23 heavy (non-hydrogen) atoms. The van der Waals surface area contributed by atoms with Gasteiger partial charge in [0.15, 0.2) is 0 Å². The number of rotatable bonds is 4. The van der Waals surface area contributed by atoms with E-state index >= 15 is 0 Å². The van der Waals surface area contributed by atoms with E-state index in [1.54, 1.807) is 36.5 Å². The third-order valence-corrected chi connectivity index (χ3v) is 3.22. The molecule has 0 fully saturated rings. The monoisotopic (exact) mass is 309 g/mol. The molecule has 5 heteroatoms. The van der Waals surface area contributed by atoms with Crippen LogP contribution in [-0.4, -0.2) is 16.1 Å². The minimum absolute atomic E-state index is 0.133. The minimum atomic E-state index is -1.02. The summed E-state index contributed by atoms with van der Waals surface area (Å²) >= 11 is 0. The van der Waals surface area contributed by atoms with E-state index in [2.05, 4.69) is 4.98 Å². The molecule has 0 saturated carbocycles. The van der Waals surface area contributed by atoms with Crippen LogP contribution in [0.2, 0.25) is 0 Å². The third kappa shape index (κ3) is 3.52. The Morgan fingerprint density at radius 3 is 2.13 bits per heavy atom. The summed E-state index contributed by atoms with van der Waals surface area (Å²) in [6.07, 6.45) is 2.90. The average Bonchev–Trinajstić information content (AvgIpc) is 2.58. The molecule has 1 heterocycles. The van der Waals surface area contributed by atoms with Crippen molar-refractivity contribution in [2.24, 2.45) is 0 Å². The Balaban J connectivity index is 1.80. The number of carboxylic acids is 1. The smallest absolute Gasteiger partial charge is 0.337 e. The lowest BCUT2D eigenvalue weighted by molar-refractivity contribution is 0.0696. The quantitative estimate of drug-likeness (QED) is 0.777. The number of hydrogen-bond donors (Lipinski definition) is 1. The van der Waals surface area contributed by atoms with Crippen molar-refractivity contribution in [2.45, 2.75) is 0 Å². The normalized spacial score (nSPS) is 10.3. The topological polar surface area (TPSA) is 59.4 Å². The Hall–Kier alpha value is -3.21. The van der Waals surface area contributed by atoms with E-state index in [1.807, 2.05) is 12.1 Å². The summed E-state index contributed by atoms with van der Waals surface area (Å²) in [6, 6.07) is 14.4. The number of pyridine rings is 1. The van der Waals surface area contributed by atoms with Crippen molar-refractivity contribution in [3.8, 4) is 22.6 Å². The third-order valence-electron chi connectivity index (χ3n) is 3.22. The van der Waals surface area contributed by atoms with E-state index in [1.165, 1.54) is 18.3 Å². The Labute approximate surface area is 131 Å². The van der Waals surface area contributed by atoms with Crippen molar-refractivity contribution in [1.82, 2.24) is 4.98 Å². The van der Waals surface area contributed by atoms with Crippen LogP contribution in [0.5, 0.6) is 11.5 Å². The highest BCUT2D eigenvalue weighted by molar-refractivity contribution is 5.88. The fourth-order valence-electron chi connectivity index (χ4n) is 2.07. The molecule has 4 nitrogen and oxygen atoms in total. The van der Waals surface area contributed by atoms with E-state index in [-0.39, 0.29) is 11.4 Å². The molecule has 114 valence electrons. The van der Waals surface area contributed by atoms with Gasteiger partial charge in [0.2, 0.25) is 0 Å². The molecule has 1 N–H and O–H groups in total. The van der Waals surface area contributed by atoms with Crippen LogP contribution in [0.1, 0.15) is 10.4 Å². The van der Waals surface area contributed by atoms with Crippen LogP contribution in [0.3, 0.4) is 0 Å². The molecule has 0 radical (unpaired) electrons. The van der Waals surface area contributed by atoms with Gasteiger partial charge in [-0.15, -0.1) is 0 Å². The summed E-state index contributed by atoms with van der Waals surface area (Å²) in [5.74, 6) is -0.203. The maximum absolute atomic E-state index is 12.9. The first kappa shape index (κ1) is 14.7. The van der Waals surface area contributed by atoms with Crippen LogP contribution in [0.15, 0.2) is 67.0 Å². The van der Waals surface area contributed by atoms with Crippen LogP contribution in [-0.2, 0) is 0 Å². The lowest BCUT2D eigenvalue weighted by Crippen LogP contribution is -1.97. The first-order valence-corrected chi connectivity index (χ1v) is 6.84. The van der Waals surface area contributed by atoms with Gasteiger partial charge >= 0.3 is 5.97 Å².